The number of carboxylic acids is 1. The molecule has 0 aromatic carbocycles. The molecular formula is C13H21N3O3. The molecule has 0 bridgehead atoms. The van der Waals surface area contributed by atoms with Crippen molar-refractivity contribution in [1.29, 1.82) is 0 Å². The fourth-order valence-corrected chi connectivity index (χ4v) is 2.33. The summed E-state index contributed by atoms with van der Waals surface area (Å²) in [5.41, 5.74) is -0.135. The van der Waals surface area contributed by atoms with Crippen LogP contribution in [-0.4, -0.2) is 39.2 Å². The lowest BCUT2D eigenvalue weighted by Crippen LogP contribution is -2.23. The molecule has 2 atom stereocenters. The summed E-state index contributed by atoms with van der Waals surface area (Å²) in [4.78, 5) is 17.5. The lowest BCUT2D eigenvalue weighted by atomic mass is 9.96. The topological polar surface area (TPSA) is 79.5 Å². The van der Waals surface area contributed by atoms with Gasteiger partial charge in [0.2, 0.25) is 5.89 Å². The number of hydrogen-bond donors (Lipinski definition) is 1. The summed E-state index contributed by atoms with van der Waals surface area (Å²) in [5, 5.41) is 13.1. The standard InChI is InChI=1S/C13H21N3O3/c1-8-5-16(6-9(8)11(17)18)7-10-14-12(15-19-10)13(2,3)4/h8-9H,5-7H2,1-4H3,(H,17,18)/t8-,9-/m1/s1. The van der Waals surface area contributed by atoms with Gasteiger partial charge in [-0.1, -0.05) is 32.9 Å². The highest BCUT2D eigenvalue weighted by atomic mass is 16.5. The predicted molar refractivity (Wildman–Crippen MR) is 68.6 cm³/mol. The second kappa shape index (κ2) is 4.92. The van der Waals surface area contributed by atoms with E-state index in [1.807, 2.05) is 27.7 Å². The van der Waals surface area contributed by atoms with Crippen LogP contribution in [0.3, 0.4) is 0 Å². The van der Waals surface area contributed by atoms with Gasteiger partial charge in [0.05, 0.1) is 12.5 Å². The van der Waals surface area contributed by atoms with Crippen LogP contribution in [0.1, 0.15) is 39.4 Å². The molecule has 1 fully saturated rings. The zero-order valence-corrected chi connectivity index (χ0v) is 11.9. The van der Waals surface area contributed by atoms with Gasteiger partial charge in [-0.15, -0.1) is 0 Å². The van der Waals surface area contributed by atoms with E-state index in [-0.39, 0.29) is 17.3 Å². The first kappa shape index (κ1) is 14.0. The van der Waals surface area contributed by atoms with Crippen LogP contribution in [0.5, 0.6) is 0 Å². The maximum atomic E-state index is 11.1. The molecule has 0 amide bonds. The van der Waals surface area contributed by atoms with Gasteiger partial charge in [0, 0.05) is 18.5 Å². The van der Waals surface area contributed by atoms with Crippen molar-refractivity contribution in [3.05, 3.63) is 11.7 Å². The molecule has 1 aromatic heterocycles. The maximum absolute atomic E-state index is 11.1. The minimum absolute atomic E-state index is 0.135. The first-order valence-corrected chi connectivity index (χ1v) is 6.55. The van der Waals surface area contributed by atoms with E-state index in [1.54, 1.807) is 0 Å². The Morgan fingerprint density at radius 3 is 2.63 bits per heavy atom. The van der Waals surface area contributed by atoms with Crippen LogP contribution in [0.4, 0.5) is 0 Å². The fourth-order valence-electron chi connectivity index (χ4n) is 2.33. The van der Waals surface area contributed by atoms with Crippen LogP contribution in [-0.2, 0) is 16.8 Å². The molecule has 1 aromatic rings. The van der Waals surface area contributed by atoms with Crippen molar-refractivity contribution in [2.24, 2.45) is 11.8 Å². The third kappa shape index (κ3) is 3.12. The van der Waals surface area contributed by atoms with E-state index in [1.165, 1.54) is 0 Å². The Morgan fingerprint density at radius 1 is 1.47 bits per heavy atom. The highest BCUT2D eigenvalue weighted by Crippen LogP contribution is 2.25. The van der Waals surface area contributed by atoms with Gasteiger partial charge in [0.25, 0.3) is 0 Å². The summed E-state index contributed by atoms with van der Waals surface area (Å²) in [6, 6.07) is 0. The van der Waals surface area contributed by atoms with E-state index < -0.39 is 5.97 Å². The minimum atomic E-state index is -0.726. The van der Waals surface area contributed by atoms with Crippen LogP contribution in [0, 0.1) is 11.8 Å². The van der Waals surface area contributed by atoms with Gasteiger partial charge >= 0.3 is 5.97 Å². The number of carbonyl (C=O) groups is 1. The fraction of sp³-hybridized carbons (Fsp3) is 0.769. The largest absolute Gasteiger partial charge is 0.481 e. The molecule has 2 heterocycles. The van der Waals surface area contributed by atoms with Crippen LogP contribution in [0.2, 0.25) is 0 Å². The summed E-state index contributed by atoms with van der Waals surface area (Å²) in [7, 11) is 0. The van der Waals surface area contributed by atoms with E-state index in [2.05, 4.69) is 15.0 Å². The number of nitrogens with zero attached hydrogens (tertiary/aromatic N) is 3. The Bertz CT molecular complexity index is 464. The lowest BCUT2D eigenvalue weighted by Gasteiger charge is -2.12. The van der Waals surface area contributed by atoms with Crippen molar-refractivity contribution in [2.75, 3.05) is 13.1 Å². The van der Waals surface area contributed by atoms with Gasteiger partial charge in [-0.2, -0.15) is 4.98 Å². The van der Waals surface area contributed by atoms with Crippen molar-refractivity contribution >= 4 is 5.97 Å². The van der Waals surface area contributed by atoms with Crippen molar-refractivity contribution in [3.63, 3.8) is 0 Å². The SMILES string of the molecule is C[C@@H]1CN(Cc2nc(C(C)(C)C)no2)C[C@H]1C(=O)O. The number of likely N-dealkylation sites (tertiary alicyclic amines) is 1. The Hall–Kier alpha value is -1.43. The molecule has 1 N–H and O–H groups in total. The zero-order chi connectivity index (χ0) is 14.2. The number of aliphatic carboxylic acids is 1. The molecular weight excluding hydrogens is 246 g/mol. The minimum Gasteiger partial charge on any atom is -0.481 e. The lowest BCUT2D eigenvalue weighted by molar-refractivity contribution is -0.142. The average Bonchev–Trinajstić information content (AvgIpc) is 2.85. The maximum Gasteiger partial charge on any atom is 0.308 e. The molecule has 0 radical (unpaired) electrons. The van der Waals surface area contributed by atoms with Gasteiger partial charge in [-0.25, -0.2) is 0 Å². The molecule has 6 heteroatoms. The molecule has 106 valence electrons. The Morgan fingerprint density at radius 2 is 2.16 bits per heavy atom. The van der Waals surface area contributed by atoms with E-state index in [0.29, 0.717) is 24.8 Å². The summed E-state index contributed by atoms with van der Waals surface area (Å²) in [6.07, 6.45) is 0. The molecule has 6 nitrogen and oxygen atoms in total. The van der Waals surface area contributed by atoms with Crippen LogP contribution < -0.4 is 0 Å². The van der Waals surface area contributed by atoms with Crippen LogP contribution in [0.15, 0.2) is 4.52 Å². The summed E-state index contributed by atoms with van der Waals surface area (Å²) >= 11 is 0. The van der Waals surface area contributed by atoms with E-state index >= 15 is 0 Å². The smallest absolute Gasteiger partial charge is 0.308 e. The summed E-state index contributed by atoms with van der Waals surface area (Å²) in [5.74, 6) is 0.371. The van der Waals surface area contributed by atoms with Gasteiger partial charge in [0.1, 0.15) is 0 Å². The number of hydrogen-bond acceptors (Lipinski definition) is 5. The van der Waals surface area contributed by atoms with Crippen LogP contribution in [0.25, 0.3) is 0 Å². The zero-order valence-electron chi connectivity index (χ0n) is 11.9. The molecule has 0 spiro atoms. The Labute approximate surface area is 112 Å². The third-order valence-corrected chi connectivity index (χ3v) is 3.50. The van der Waals surface area contributed by atoms with Crippen molar-refractivity contribution in [1.82, 2.24) is 15.0 Å². The molecule has 1 aliphatic rings. The number of rotatable bonds is 3. The first-order chi connectivity index (χ1) is 8.77. The normalized spacial score (nSPS) is 24.8. The van der Waals surface area contributed by atoms with Gasteiger partial charge < -0.3 is 9.63 Å². The second-order valence-corrected chi connectivity index (χ2v) is 6.38. The molecule has 19 heavy (non-hydrogen) atoms. The van der Waals surface area contributed by atoms with Crippen molar-refractivity contribution in [2.45, 2.75) is 39.7 Å². The van der Waals surface area contributed by atoms with Gasteiger partial charge in [-0.05, 0) is 5.92 Å². The van der Waals surface area contributed by atoms with E-state index in [0.717, 1.165) is 6.54 Å². The molecule has 0 unspecified atom stereocenters. The van der Waals surface area contributed by atoms with E-state index in [4.69, 9.17) is 9.63 Å². The van der Waals surface area contributed by atoms with Gasteiger partial charge in [-0.3, -0.25) is 9.69 Å². The molecule has 1 aliphatic heterocycles. The second-order valence-electron chi connectivity index (χ2n) is 6.38. The Balaban J connectivity index is 1.99. The third-order valence-electron chi connectivity index (χ3n) is 3.50. The summed E-state index contributed by atoms with van der Waals surface area (Å²) in [6.45, 7) is 9.87. The average molecular weight is 267 g/mol. The van der Waals surface area contributed by atoms with E-state index in [9.17, 15) is 4.79 Å². The summed E-state index contributed by atoms with van der Waals surface area (Å²) < 4.78 is 5.23. The van der Waals surface area contributed by atoms with Crippen molar-refractivity contribution < 1.29 is 14.4 Å². The molecule has 1 saturated heterocycles. The highest BCUT2D eigenvalue weighted by molar-refractivity contribution is 5.71. The van der Waals surface area contributed by atoms with Crippen molar-refractivity contribution in [3.8, 4) is 0 Å². The van der Waals surface area contributed by atoms with Crippen LogP contribution >= 0.6 is 0 Å². The first-order valence-electron chi connectivity index (χ1n) is 6.55. The predicted octanol–water partition coefficient (Wildman–Crippen LogP) is 1.52. The quantitative estimate of drug-likeness (QED) is 0.894. The Kier molecular flexibility index (Phi) is 3.62. The monoisotopic (exact) mass is 267 g/mol. The molecule has 0 aliphatic carbocycles. The number of aromatic nitrogens is 2. The van der Waals surface area contributed by atoms with Gasteiger partial charge in [0.15, 0.2) is 5.82 Å². The molecule has 0 saturated carbocycles. The number of carboxylic acid groups (broad SMARTS) is 1. The highest BCUT2D eigenvalue weighted by Gasteiger charge is 2.35. The molecule has 2 rings (SSSR count).